The van der Waals surface area contributed by atoms with E-state index < -0.39 is 5.41 Å². The van der Waals surface area contributed by atoms with Crippen LogP contribution in [0.15, 0.2) is 249 Å². The van der Waals surface area contributed by atoms with Crippen molar-refractivity contribution in [2.75, 3.05) is 4.90 Å². The molecule has 9 aromatic carbocycles. The number of hydrogen-bond acceptors (Lipinski definition) is 1. The number of anilines is 3. The molecule has 1 heteroatoms. The van der Waals surface area contributed by atoms with E-state index in [2.05, 4.69) is 254 Å². The average molecular weight is 716 g/mol. The van der Waals surface area contributed by atoms with Gasteiger partial charge in [0.05, 0.1) is 11.1 Å². The Morgan fingerprint density at radius 1 is 0.250 bits per heavy atom. The molecular formula is C55H41N. The van der Waals surface area contributed by atoms with Crippen molar-refractivity contribution < 1.29 is 0 Å². The summed E-state index contributed by atoms with van der Waals surface area (Å²) in [6.45, 7) is 0. The highest BCUT2D eigenvalue weighted by atomic mass is 15.1. The van der Waals surface area contributed by atoms with Crippen LogP contribution in [-0.2, 0) is 5.41 Å². The Morgan fingerprint density at radius 3 is 1.05 bits per heavy atom. The largest absolute Gasteiger partial charge is 0.309 e. The third kappa shape index (κ3) is 6.50. The normalized spacial score (nSPS) is 11.2. The summed E-state index contributed by atoms with van der Waals surface area (Å²) < 4.78 is 0. The van der Waals surface area contributed by atoms with E-state index in [0.29, 0.717) is 0 Å². The van der Waals surface area contributed by atoms with E-state index >= 15 is 0 Å². The highest BCUT2D eigenvalue weighted by Crippen LogP contribution is 2.51. The van der Waals surface area contributed by atoms with Gasteiger partial charge in [0, 0.05) is 22.5 Å². The summed E-state index contributed by atoms with van der Waals surface area (Å²) in [5, 5.41) is 0. The van der Waals surface area contributed by atoms with Gasteiger partial charge in [-0.05, 0) is 74.8 Å². The maximum absolute atomic E-state index is 2.48. The number of benzene rings is 9. The van der Waals surface area contributed by atoms with Gasteiger partial charge in [-0.2, -0.15) is 0 Å². The molecule has 0 bridgehead atoms. The fraction of sp³-hybridized carbons (Fsp3) is 0.0182. The number of hydrogen-bond donors (Lipinski definition) is 0. The van der Waals surface area contributed by atoms with E-state index in [-0.39, 0.29) is 0 Å². The van der Waals surface area contributed by atoms with Crippen LogP contribution in [0, 0.1) is 0 Å². The third-order valence-corrected chi connectivity index (χ3v) is 10.8. The van der Waals surface area contributed by atoms with Crippen LogP contribution in [-0.4, -0.2) is 0 Å². The summed E-state index contributed by atoms with van der Waals surface area (Å²) in [6, 6.07) is 90.1. The van der Waals surface area contributed by atoms with Gasteiger partial charge in [-0.15, -0.1) is 0 Å². The van der Waals surface area contributed by atoms with Crippen LogP contribution in [0.5, 0.6) is 0 Å². The Hall–Kier alpha value is -7.22. The molecule has 0 aliphatic heterocycles. The predicted octanol–water partition coefficient (Wildman–Crippen LogP) is 14.5. The molecule has 0 aliphatic carbocycles. The Bertz CT molecular complexity index is 2490. The van der Waals surface area contributed by atoms with Crippen molar-refractivity contribution in [2.45, 2.75) is 5.41 Å². The molecule has 0 saturated heterocycles. The van der Waals surface area contributed by atoms with Gasteiger partial charge >= 0.3 is 0 Å². The molecule has 1 nitrogen and oxygen atoms in total. The van der Waals surface area contributed by atoms with E-state index in [4.69, 9.17) is 0 Å². The second-order valence-corrected chi connectivity index (χ2v) is 14.1. The minimum Gasteiger partial charge on any atom is -0.309 e. The van der Waals surface area contributed by atoms with Crippen LogP contribution in [0.2, 0.25) is 0 Å². The molecule has 0 N–H and O–H groups in total. The number of nitrogens with zero attached hydrogens (tertiary/aromatic N) is 1. The van der Waals surface area contributed by atoms with E-state index in [1.54, 1.807) is 0 Å². The molecular weight excluding hydrogens is 675 g/mol. The topological polar surface area (TPSA) is 3.24 Å². The van der Waals surface area contributed by atoms with Crippen molar-refractivity contribution in [3.8, 4) is 33.4 Å². The SMILES string of the molecule is c1ccc(-c2cc(N(c3ccccc3)c3c(-c4ccccc4)cccc3-c3ccccc3)cc(C(c3ccccc3)(c3ccccc3)c3ccccc3)c2)cc1. The van der Waals surface area contributed by atoms with Gasteiger partial charge in [0.15, 0.2) is 0 Å². The molecule has 0 fully saturated rings. The van der Waals surface area contributed by atoms with Gasteiger partial charge in [-0.25, -0.2) is 0 Å². The lowest BCUT2D eigenvalue weighted by atomic mass is 9.64. The van der Waals surface area contributed by atoms with Gasteiger partial charge in [-0.1, -0.05) is 218 Å². The average Bonchev–Trinajstić information content (AvgIpc) is 3.29. The lowest BCUT2D eigenvalue weighted by molar-refractivity contribution is 0.745. The molecule has 0 aromatic heterocycles. The first-order valence-electron chi connectivity index (χ1n) is 19.3. The summed E-state index contributed by atoms with van der Waals surface area (Å²) in [5.41, 5.74) is 14.3. The second-order valence-electron chi connectivity index (χ2n) is 14.1. The van der Waals surface area contributed by atoms with Crippen molar-refractivity contribution in [1.29, 1.82) is 0 Å². The second kappa shape index (κ2) is 15.6. The first-order valence-corrected chi connectivity index (χ1v) is 19.3. The van der Waals surface area contributed by atoms with E-state index in [1.807, 2.05) is 0 Å². The zero-order chi connectivity index (χ0) is 37.6. The molecule has 56 heavy (non-hydrogen) atoms. The fourth-order valence-electron chi connectivity index (χ4n) is 8.29. The van der Waals surface area contributed by atoms with Crippen molar-refractivity contribution in [1.82, 2.24) is 0 Å². The number of rotatable bonds is 10. The van der Waals surface area contributed by atoms with Gasteiger partial charge in [0.25, 0.3) is 0 Å². The smallest absolute Gasteiger partial charge is 0.0702 e. The standard InChI is InChI=1S/C55H41N/c1-8-23-42(24-9-1)45-39-49(55(46-29-14-4-15-30-46,47-31-16-5-17-32-47)48-33-18-6-19-34-48)41-51(40-45)56(50-35-20-7-21-36-50)54-52(43-25-10-2-11-26-43)37-22-38-53(54)44-27-12-3-13-28-44/h1-41H. The van der Waals surface area contributed by atoms with Gasteiger partial charge in [0.1, 0.15) is 0 Å². The highest BCUT2D eigenvalue weighted by Gasteiger charge is 2.39. The van der Waals surface area contributed by atoms with Crippen LogP contribution in [0.1, 0.15) is 22.3 Å². The van der Waals surface area contributed by atoms with Crippen LogP contribution < -0.4 is 4.90 Å². The molecule has 0 heterocycles. The minimum absolute atomic E-state index is 0.646. The molecule has 0 unspecified atom stereocenters. The summed E-state index contributed by atoms with van der Waals surface area (Å²) in [6.07, 6.45) is 0. The summed E-state index contributed by atoms with van der Waals surface area (Å²) >= 11 is 0. The molecule has 0 aliphatic rings. The molecule has 0 saturated carbocycles. The summed E-state index contributed by atoms with van der Waals surface area (Å²) in [7, 11) is 0. The lowest BCUT2D eigenvalue weighted by Crippen LogP contribution is -2.31. The van der Waals surface area contributed by atoms with Crippen LogP contribution >= 0.6 is 0 Å². The molecule has 0 radical (unpaired) electrons. The van der Waals surface area contributed by atoms with Crippen molar-refractivity contribution in [2.24, 2.45) is 0 Å². The first-order chi connectivity index (χ1) is 27.8. The molecule has 9 rings (SSSR count). The predicted molar refractivity (Wildman–Crippen MR) is 236 cm³/mol. The zero-order valence-electron chi connectivity index (χ0n) is 31.1. The number of para-hydroxylation sites is 2. The van der Waals surface area contributed by atoms with Gasteiger partial charge < -0.3 is 4.90 Å². The molecule has 9 aromatic rings. The van der Waals surface area contributed by atoms with Crippen LogP contribution in [0.4, 0.5) is 17.1 Å². The molecule has 266 valence electrons. The Labute approximate surface area is 330 Å². The van der Waals surface area contributed by atoms with Crippen LogP contribution in [0.3, 0.4) is 0 Å². The van der Waals surface area contributed by atoms with Gasteiger partial charge in [-0.3, -0.25) is 0 Å². The van der Waals surface area contributed by atoms with Crippen LogP contribution in [0.25, 0.3) is 33.4 Å². The van der Waals surface area contributed by atoms with Crippen molar-refractivity contribution in [3.05, 3.63) is 271 Å². The maximum Gasteiger partial charge on any atom is 0.0702 e. The van der Waals surface area contributed by atoms with E-state index in [0.717, 1.165) is 50.4 Å². The summed E-state index contributed by atoms with van der Waals surface area (Å²) in [5.74, 6) is 0. The molecule has 0 amide bonds. The first kappa shape index (κ1) is 34.5. The molecule has 0 spiro atoms. The Balaban J connectivity index is 1.43. The third-order valence-electron chi connectivity index (χ3n) is 10.8. The van der Waals surface area contributed by atoms with Crippen molar-refractivity contribution >= 4 is 17.1 Å². The monoisotopic (exact) mass is 715 g/mol. The highest BCUT2D eigenvalue weighted by molar-refractivity contribution is 5.98. The summed E-state index contributed by atoms with van der Waals surface area (Å²) in [4.78, 5) is 2.48. The maximum atomic E-state index is 2.48. The lowest BCUT2D eigenvalue weighted by Gasteiger charge is -2.38. The van der Waals surface area contributed by atoms with Gasteiger partial charge in [0.2, 0.25) is 0 Å². The minimum atomic E-state index is -0.646. The van der Waals surface area contributed by atoms with Crippen molar-refractivity contribution in [3.63, 3.8) is 0 Å². The van der Waals surface area contributed by atoms with E-state index in [1.165, 1.54) is 22.3 Å². The Kier molecular flexibility index (Phi) is 9.64. The Morgan fingerprint density at radius 2 is 0.625 bits per heavy atom. The quantitative estimate of drug-likeness (QED) is 0.127. The fourth-order valence-corrected chi connectivity index (χ4v) is 8.29. The zero-order valence-corrected chi connectivity index (χ0v) is 31.1. The van der Waals surface area contributed by atoms with E-state index in [9.17, 15) is 0 Å². The molecule has 0 atom stereocenters.